The third-order valence-electron chi connectivity index (χ3n) is 2.79. The monoisotopic (exact) mass is 235 g/mol. The van der Waals surface area contributed by atoms with E-state index >= 15 is 0 Å². The van der Waals surface area contributed by atoms with E-state index in [-0.39, 0.29) is 11.9 Å². The lowest BCUT2D eigenvalue weighted by Gasteiger charge is -2.19. The molecular formula is C15H22FN. The predicted molar refractivity (Wildman–Crippen MR) is 71.6 cm³/mol. The first-order valence-corrected chi connectivity index (χ1v) is 6.18. The lowest BCUT2D eigenvalue weighted by molar-refractivity contribution is 0.522. The summed E-state index contributed by atoms with van der Waals surface area (Å²) in [6.45, 7) is 10.8. The smallest absolute Gasteiger partial charge is 0.126 e. The molecule has 0 heterocycles. The second-order valence-electron chi connectivity index (χ2n) is 4.68. The molecule has 1 aromatic carbocycles. The van der Waals surface area contributed by atoms with Gasteiger partial charge in [0.2, 0.25) is 0 Å². The Labute approximate surface area is 104 Å². The van der Waals surface area contributed by atoms with Crippen molar-refractivity contribution in [3.63, 3.8) is 0 Å². The number of aryl methyl sites for hydroxylation is 1. The molecule has 1 N–H and O–H groups in total. The minimum absolute atomic E-state index is 0.132. The topological polar surface area (TPSA) is 12.0 Å². The van der Waals surface area contributed by atoms with Crippen LogP contribution in [0.4, 0.5) is 4.39 Å². The standard InChI is InChI=1S/C15H22FN/c1-5-8-17-15(9-11(2)3)13-7-6-12(4)14(16)10-13/h6-7,10,15,17H,2,5,8-9H2,1,3-4H3. The van der Waals surface area contributed by atoms with Gasteiger partial charge in [-0.1, -0.05) is 24.6 Å². The molecule has 0 fully saturated rings. The van der Waals surface area contributed by atoms with E-state index in [0.717, 1.165) is 30.5 Å². The number of nitrogens with one attached hydrogen (secondary N) is 1. The maximum atomic E-state index is 13.5. The molecule has 2 heteroatoms. The maximum absolute atomic E-state index is 13.5. The largest absolute Gasteiger partial charge is 0.310 e. The summed E-state index contributed by atoms with van der Waals surface area (Å²) in [5, 5.41) is 3.44. The fourth-order valence-electron chi connectivity index (χ4n) is 1.80. The number of hydrogen-bond acceptors (Lipinski definition) is 1. The second-order valence-corrected chi connectivity index (χ2v) is 4.68. The lowest BCUT2D eigenvalue weighted by atomic mass is 9.99. The van der Waals surface area contributed by atoms with E-state index in [9.17, 15) is 4.39 Å². The minimum atomic E-state index is -0.132. The Morgan fingerprint density at radius 1 is 1.47 bits per heavy atom. The molecular weight excluding hydrogens is 213 g/mol. The molecule has 0 aliphatic rings. The minimum Gasteiger partial charge on any atom is -0.310 e. The van der Waals surface area contributed by atoms with Gasteiger partial charge in [-0.05, 0) is 50.4 Å². The third kappa shape index (κ3) is 4.31. The molecule has 0 bridgehead atoms. The van der Waals surface area contributed by atoms with E-state index in [1.54, 1.807) is 13.0 Å². The van der Waals surface area contributed by atoms with Crippen molar-refractivity contribution in [2.75, 3.05) is 6.54 Å². The van der Waals surface area contributed by atoms with Gasteiger partial charge >= 0.3 is 0 Å². The Morgan fingerprint density at radius 3 is 2.71 bits per heavy atom. The normalized spacial score (nSPS) is 12.5. The zero-order valence-corrected chi connectivity index (χ0v) is 11.0. The van der Waals surface area contributed by atoms with Crippen molar-refractivity contribution < 1.29 is 4.39 Å². The van der Waals surface area contributed by atoms with Crippen molar-refractivity contribution in [2.45, 2.75) is 39.7 Å². The van der Waals surface area contributed by atoms with Gasteiger partial charge in [0, 0.05) is 6.04 Å². The average Bonchev–Trinajstić information content (AvgIpc) is 2.27. The van der Waals surface area contributed by atoms with Crippen LogP contribution in [0.5, 0.6) is 0 Å². The van der Waals surface area contributed by atoms with E-state index < -0.39 is 0 Å². The van der Waals surface area contributed by atoms with Crippen molar-refractivity contribution >= 4 is 0 Å². The maximum Gasteiger partial charge on any atom is 0.126 e. The summed E-state index contributed by atoms with van der Waals surface area (Å²) < 4.78 is 13.5. The SMILES string of the molecule is C=C(C)CC(NCCC)c1ccc(C)c(F)c1. The van der Waals surface area contributed by atoms with Gasteiger partial charge in [-0.3, -0.25) is 0 Å². The van der Waals surface area contributed by atoms with Gasteiger partial charge < -0.3 is 5.32 Å². The summed E-state index contributed by atoms with van der Waals surface area (Å²) >= 11 is 0. The summed E-state index contributed by atoms with van der Waals surface area (Å²) in [7, 11) is 0. The van der Waals surface area contributed by atoms with Gasteiger partial charge in [-0.25, -0.2) is 4.39 Å². The van der Waals surface area contributed by atoms with E-state index in [4.69, 9.17) is 0 Å². The van der Waals surface area contributed by atoms with Gasteiger partial charge in [0.05, 0.1) is 0 Å². The average molecular weight is 235 g/mol. The highest BCUT2D eigenvalue weighted by Gasteiger charge is 2.12. The zero-order chi connectivity index (χ0) is 12.8. The Balaban J connectivity index is 2.86. The Hall–Kier alpha value is -1.15. The van der Waals surface area contributed by atoms with Gasteiger partial charge in [-0.15, -0.1) is 6.58 Å². The molecule has 0 spiro atoms. The van der Waals surface area contributed by atoms with E-state index in [2.05, 4.69) is 18.8 Å². The van der Waals surface area contributed by atoms with Crippen molar-refractivity contribution in [1.29, 1.82) is 0 Å². The first-order valence-electron chi connectivity index (χ1n) is 6.18. The zero-order valence-electron chi connectivity index (χ0n) is 11.0. The Morgan fingerprint density at radius 2 is 2.18 bits per heavy atom. The van der Waals surface area contributed by atoms with Crippen LogP contribution in [0.25, 0.3) is 0 Å². The Bertz CT molecular complexity index is 385. The van der Waals surface area contributed by atoms with Gasteiger partial charge in [0.15, 0.2) is 0 Å². The molecule has 1 atom stereocenters. The molecule has 0 aliphatic heterocycles. The van der Waals surface area contributed by atoms with Gasteiger partial charge in [0.1, 0.15) is 5.82 Å². The van der Waals surface area contributed by atoms with E-state index in [1.807, 2.05) is 19.1 Å². The van der Waals surface area contributed by atoms with Crippen molar-refractivity contribution in [2.24, 2.45) is 0 Å². The predicted octanol–water partition coefficient (Wildman–Crippen LogP) is 4.14. The third-order valence-corrected chi connectivity index (χ3v) is 2.79. The summed E-state index contributed by atoms with van der Waals surface area (Å²) in [5.41, 5.74) is 2.81. The van der Waals surface area contributed by atoms with Crippen molar-refractivity contribution in [3.05, 3.63) is 47.3 Å². The number of halogens is 1. The van der Waals surface area contributed by atoms with Crippen molar-refractivity contribution in [1.82, 2.24) is 5.32 Å². The number of benzene rings is 1. The second kappa shape index (κ2) is 6.55. The molecule has 0 radical (unpaired) electrons. The van der Waals surface area contributed by atoms with Crippen LogP contribution in [-0.4, -0.2) is 6.54 Å². The molecule has 0 aromatic heterocycles. The molecule has 0 saturated heterocycles. The highest BCUT2D eigenvalue weighted by atomic mass is 19.1. The molecule has 17 heavy (non-hydrogen) atoms. The fourth-order valence-corrected chi connectivity index (χ4v) is 1.80. The molecule has 0 aliphatic carbocycles. The molecule has 0 saturated carbocycles. The van der Waals surface area contributed by atoms with Crippen LogP contribution in [-0.2, 0) is 0 Å². The molecule has 1 unspecified atom stereocenters. The first-order chi connectivity index (χ1) is 8.04. The van der Waals surface area contributed by atoms with Crippen LogP contribution < -0.4 is 5.32 Å². The number of hydrogen-bond donors (Lipinski definition) is 1. The van der Waals surface area contributed by atoms with Gasteiger partial charge in [0.25, 0.3) is 0 Å². The molecule has 0 amide bonds. The molecule has 1 rings (SSSR count). The highest BCUT2D eigenvalue weighted by molar-refractivity contribution is 5.26. The fraction of sp³-hybridized carbons (Fsp3) is 0.467. The summed E-state index contributed by atoms with van der Waals surface area (Å²) in [5.74, 6) is -0.132. The van der Waals surface area contributed by atoms with Crippen LogP contribution in [0, 0.1) is 12.7 Å². The van der Waals surface area contributed by atoms with Crippen molar-refractivity contribution in [3.8, 4) is 0 Å². The molecule has 1 nitrogen and oxygen atoms in total. The van der Waals surface area contributed by atoms with E-state index in [0.29, 0.717) is 5.56 Å². The van der Waals surface area contributed by atoms with Crippen LogP contribution >= 0.6 is 0 Å². The van der Waals surface area contributed by atoms with Gasteiger partial charge in [-0.2, -0.15) is 0 Å². The molecule has 94 valence electrons. The molecule has 1 aromatic rings. The summed E-state index contributed by atoms with van der Waals surface area (Å²) in [4.78, 5) is 0. The summed E-state index contributed by atoms with van der Waals surface area (Å²) in [6, 6.07) is 5.63. The number of rotatable bonds is 6. The summed E-state index contributed by atoms with van der Waals surface area (Å²) in [6.07, 6.45) is 1.92. The Kier molecular flexibility index (Phi) is 5.36. The van der Waals surface area contributed by atoms with Crippen LogP contribution in [0.1, 0.15) is 43.9 Å². The lowest BCUT2D eigenvalue weighted by Crippen LogP contribution is -2.22. The van der Waals surface area contributed by atoms with Crippen LogP contribution in [0.2, 0.25) is 0 Å². The van der Waals surface area contributed by atoms with Crippen LogP contribution in [0.15, 0.2) is 30.4 Å². The van der Waals surface area contributed by atoms with Crippen LogP contribution in [0.3, 0.4) is 0 Å². The first kappa shape index (κ1) is 13.9. The quantitative estimate of drug-likeness (QED) is 0.731. The van der Waals surface area contributed by atoms with E-state index in [1.165, 1.54) is 0 Å². The highest BCUT2D eigenvalue weighted by Crippen LogP contribution is 2.22.